The van der Waals surface area contributed by atoms with Crippen LogP contribution in [0.3, 0.4) is 0 Å². The molecule has 0 aromatic heterocycles. The molecule has 1 spiro atoms. The molecule has 1 heterocycles. The maximum Gasteiger partial charge on any atom is 0.0717 e. The molecule has 6 rings (SSSR count). The van der Waals surface area contributed by atoms with E-state index >= 15 is 0 Å². The molecule has 0 saturated heterocycles. The molecule has 130 valence electrons. The quantitative estimate of drug-likeness (QED) is 0.489. The van der Waals surface area contributed by atoms with Crippen molar-refractivity contribution in [1.82, 2.24) is 0 Å². The molecule has 1 aliphatic heterocycles. The first-order chi connectivity index (χ1) is 13.3. The zero-order valence-electron chi connectivity index (χ0n) is 15.4. The molecule has 0 unspecified atom stereocenters. The molecule has 2 aliphatic carbocycles. The zero-order valence-corrected chi connectivity index (χ0v) is 15.4. The number of aryl methyl sites for hydroxylation is 1. The maximum absolute atomic E-state index is 3.69. The van der Waals surface area contributed by atoms with Gasteiger partial charge in [0.2, 0.25) is 0 Å². The zero-order chi connectivity index (χ0) is 18.0. The second-order valence-corrected chi connectivity index (χ2v) is 7.85. The van der Waals surface area contributed by atoms with E-state index in [0.29, 0.717) is 0 Å². The summed E-state index contributed by atoms with van der Waals surface area (Å²) in [6.45, 7) is 2.21. The molecule has 27 heavy (non-hydrogen) atoms. The van der Waals surface area contributed by atoms with Crippen LogP contribution in [-0.4, -0.2) is 0 Å². The molecule has 3 aliphatic rings. The second kappa shape index (κ2) is 5.23. The van der Waals surface area contributed by atoms with E-state index in [0.717, 1.165) is 12.8 Å². The van der Waals surface area contributed by atoms with Crippen molar-refractivity contribution in [3.05, 3.63) is 112 Å². The number of nitrogens with one attached hydrogen (secondary N) is 1. The summed E-state index contributed by atoms with van der Waals surface area (Å²) >= 11 is 0. The van der Waals surface area contributed by atoms with Crippen LogP contribution >= 0.6 is 0 Å². The Hall–Kier alpha value is -3.06. The van der Waals surface area contributed by atoms with Gasteiger partial charge < -0.3 is 5.32 Å². The monoisotopic (exact) mass is 347 g/mol. The van der Waals surface area contributed by atoms with E-state index in [2.05, 4.69) is 91.1 Å². The molecule has 1 N–H and O–H groups in total. The van der Waals surface area contributed by atoms with Crippen molar-refractivity contribution in [2.45, 2.75) is 25.2 Å². The lowest BCUT2D eigenvalue weighted by Gasteiger charge is -2.42. The Bertz CT molecular complexity index is 1120. The minimum absolute atomic E-state index is 0.181. The average Bonchev–Trinajstić information content (AvgIpc) is 2.99. The smallest absolute Gasteiger partial charge is 0.0717 e. The summed E-state index contributed by atoms with van der Waals surface area (Å²) in [7, 11) is 0. The first-order valence-corrected chi connectivity index (χ1v) is 9.78. The first kappa shape index (κ1) is 15.0. The van der Waals surface area contributed by atoms with Crippen molar-refractivity contribution in [2.24, 2.45) is 0 Å². The summed E-state index contributed by atoms with van der Waals surface area (Å²) < 4.78 is 0. The number of hydrogen-bond donors (Lipinski definition) is 1. The normalized spacial score (nSPS) is 17.8. The number of fused-ring (bicyclic) bond motifs is 8. The number of hydrogen-bond acceptors (Lipinski definition) is 1. The Labute approximate surface area is 160 Å². The summed E-state index contributed by atoms with van der Waals surface area (Å²) in [5.74, 6) is 0. The Kier molecular flexibility index (Phi) is 2.91. The van der Waals surface area contributed by atoms with E-state index in [9.17, 15) is 0 Å². The Morgan fingerprint density at radius 3 is 2.26 bits per heavy atom. The van der Waals surface area contributed by atoms with Gasteiger partial charge in [0.1, 0.15) is 0 Å². The first-order valence-electron chi connectivity index (χ1n) is 9.78. The van der Waals surface area contributed by atoms with E-state index in [-0.39, 0.29) is 5.41 Å². The van der Waals surface area contributed by atoms with Gasteiger partial charge in [-0.3, -0.25) is 0 Å². The highest BCUT2D eigenvalue weighted by atomic mass is 14.9. The van der Waals surface area contributed by atoms with Crippen LogP contribution in [-0.2, 0) is 5.41 Å². The molecule has 3 aromatic carbocycles. The summed E-state index contributed by atoms with van der Waals surface area (Å²) in [4.78, 5) is 0. The van der Waals surface area contributed by atoms with E-state index in [1.165, 1.54) is 44.8 Å². The van der Waals surface area contributed by atoms with Crippen molar-refractivity contribution in [2.75, 3.05) is 5.32 Å². The summed E-state index contributed by atoms with van der Waals surface area (Å²) in [6, 6.07) is 24.7. The minimum Gasteiger partial charge on any atom is -0.355 e. The van der Waals surface area contributed by atoms with E-state index in [4.69, 9.17) is 0 Å². The van der Waals surface area contributed by atoms with Crippen LogP contribution in [0.1, 0.15) is 40.7 Å². The van der Waals surface area contributed by atoms with Crippen molar-refractivity contribution in [1.29, 1.82) is 0 Å². The molecule has 0 saturated carbocycles. The molecule has 0 amide bonds. The molecular formula is C26H21N. The van der Waals surface area contributed by atoms with Crippen molar-refractivity contribution in [3.8, 4) is 0 Å². The van der Waals surface area contributed by atoms with E-state index in [1.54, 1.807) is 5.57 Å². The van der Waals surface area contributed by atoms with Crippen LogP contribution in [0.2, 0.25) is 0 Å². The van der Waals surface area contributed by atoms with Crippen LogP contribution in [0, 0.1) is 6.92 Å². The van der Waals surface area contributed by atoms with E-state index < -0.39 is 0 Å². The third-order valence-corrected chi connectivity index (χ3v) is 6.42. The SMILES string of the molecule is Cc1ccc2c(c1)C1(C3=C2C=CCC3)c2ccccc2Nc2ccccc21. The van der Waals surface area contributed by atoms with Crippen LogP contribution in [0.15, 0.2) is 84.5 Å². The summed E-state index contributed by atoms with van der Waals surface area (Å²) in [5, 5.41) is 3.69. The topological polar surface area (TPSA) is 12.0 Å². The summed E-state index contributed by atoms with van der Waals surface area (Å²) in [6.07, 6.45) is 6.92. The number of benzene rings is 3. The van der Waals surface area contributed by atoms with Crippen molar-refractivity contribution >= 4 is 16.9 Å². The molecule has 1 nitrogen and oxygen atoms in total. The molecule has 0 fully saturated rings. The van der Waals surface area contributed by atoms with Gasteiger partial charge in [-0.1, -0.05) is 72.3 Å². The number of rotatable bonds is 0. The van der Waals surface area contributed by atoms with Crippen LogP contribution in [0.5, 0.6) is 0 Å². The average molecular weight is 347 g/mol. The van der Waals surface area contributed by atoms with Crippen molar-refractivity contribution in [3.63, 3.8) is 0 Å². The predicted octanol–water partition coefficient (Wildman–Crippen LogP) is 6.50. The highest BCUT2D eigenvalue weighted by Gasteiger charge is 2.50. The highest BCUT2D eigenvalue weighted by molar-refractivity contribution is 5.95. The van der Waals surface area contributed by atoms with Gasteiger partial charge >= 0.3 is 0 Å². The highest BCUT2D eigenvalue weighted by Crippen LogP contribution is 2.61. The van der Waals surface area contributed by atoms with Crippen LogP contribution < -0.4 is 5.32 Å². The molecule has 0 bridgehead atoms. The number of allylic oxidation sites excluding steroid dienone is 4. The minimum atomic E-state index is -0.181. The fourth-order valence-electron chi connectivity index (χ4n) is 5.42. The third kappa shape index (κ3) is 1.79. The van der Waals surface area contributed by atoms with Gasteiger partial charge in [-0.25, -0.2) is 0 Å². The maximum atomic E-state index is 3.69. The predicted molar refractivity (Wildman–Crippen MR) is 113 cm³/mol. The standard InChI is InChI=1S/C26H21N/c1-17-14-15-19-18-8-2-3-9-20(18)26(23(19)16-17)21-10-4-6-12-24(21)27-25-13-7-5-11-22(25)26/h2,4-8,10-16,27H,3,9H2,1H3. The number of para-hydroxylation sites is 2. The van der Waals surface area contributed by atoms with Gasteiger partial charge in [0.25, 0.3) is 0 Å². The molecule has 3 aromatic rings. The van der Waals surface area contributed by atoms with Gasteiger partial charge in [0.15, 0.2) is 0 Å². The summed E-state index contributed by atoms with van der Waals surface area (Å²) in [5.41, 5.74) is 12.2. The van der Waals surface area contributed by atoms with Crippen LogP contribution in [0.4, 0.5) is 11.4 Å². The molecular weight excluding hydrogens is 326 g/mol. The largest absolute Gasteiger partial charge is 0.355 e. The Balaban J connectivity index is 1.83. The van der Waals surface area contributed by atoms with Gasteiger partial charge in [-0.05, 0) is 65.3 Å². The lowest BCUT2D eigenvalue weighted by atomic mass is 9.63. The molecule has 0 atom stereocenters. The lowest BCUT2D eigenvalue weighted by Crippen LogP contribution is -2.34. The fraction of sp³-hybridized carbons (Fsp3) is 0.154. The van der Waals surface area contributed by atoms with Crippen molar-refractivity contribution < 1.29 is 0 Å². The van der Waals surface area contributed by atoms with E-state index in [1.807, 2.05) is 0 Å². The molecule has 1 heteroatoms. The van der Waals surface area contributed by atoms with Gasteiger partial charge in [0, 0.05) is 11.4 Å². The Morgan fingerprint density at radius 2 is 1.52 bits per heavy atom. The van der Waals surface area contributed by atoms with Gasteiger partial charge in [0.05, 0.1) is 5.41 Å². The van der Waals surface area contributed by atoms with Gasteiger partial charge in [-0.15, -0.1) is 0 Å². The second-order valence-electron chi connectivity index (χ2n) is 7.85. The fourth-order valence-corrected chi connectivity index (χ4v) is 5.42. The lowest BCUT2D eigenvalue weighted by molar-refractivity contribution is 0.693. The van der Waals surface area contributed by atoms with Gasteiger partial charge in [-0.2, -0.15) is 0 Å². The Morgan fingerprint density at radius 1 is 0.815 bits per heavy atom. The number of anilines is 2. The van der Waals surface area contributed by atoms with Crippen LogP contribution in [0.25, 0.3) is 5.57 Å². The molecule has 0 radical (unpaired) electrons. The third-order valence-electron chi connectivity index (χ3n) is 6.42.